The lowest BCUT2D eigenvalue weighted by molar-refractivity contribution is 0.135. The molecule has 0 aliphatic rings. The minimum absolute atomic E-state index is 0.247. The van der Waals surface area contributed by atoms with E-state index in [2.05, 4.69) is 5.32 Å². The number of hydrogen-bond acceptors (Lipinski definition) is 3. The quantitative estimate of drug-likeness (QED) is 0.735. The first kappa shape index (κ1) is 15.5. The highest BCUT2D eigenvalue weighted by molar-refractivity contribution is 5.86. The summed E-state index contributed by atoms with van der Waals surface area (Å²) in [7, 11) is 0. The van der Waals surface area contributed by atoms with E-state index in [4.69, 9.17) is 0 Å². The van der Waals surface area contributed by atoms with Gasteiger partial charge in [0, 0.05) is 18.3 Å². The average molecular weight is 266 g/mol. The van der Waals surface area contributed by atoms with Gasteiger partial charge < -0.3 is 15.5 Å². The molecular formula is C14H22N2O3. The summed E-state index contributed by atoms with van der Waals surface area (Å²) in [6.45, 7) is 6.01. The van der Waals surface area contributed by atoms with Gasteiger partial charge in [0.15, 0.2) is 0 Å². The molecule has 1 amide bonds. The Morgan fingerprint density at radius 1 is 1.26 bits per heavy atom. The number of rotatable bonds is 6. The summed E-state index contributed by atoms with van der Waals surface area (Å²) in [5.41, 5.74) is 0.561. The van der Waals surface area contributed by atoms with Crippen molar-refractivity contribution in [2.75, 3.05) is 11.4 Å². The Morgan fingerprint density at radius 3 is 2.32 bits per heavy atom. The number of amides is 1. The first-order valence-electron chi connectivity index (χ1n) is 6.42. The van der Waals surface area contributed by atoms with Gasteiger partial charge in [-0.15, -0.1) is 0 Å². The van der Waals surface area contributed by atoms with Gasteiger partial charge >= 0.3 is 6.09 Å². The van der Waals surface area contributed by atoms with Crippen molar-refractivity contribution in [1.82, 2.24) is 5.32 Å². The maximum atomic E-state index is 11.4. The molecule has 1 aromatic rings. The van der Waals surface area contributed by atoms with Crippen molar-refractivity contribution in [2.45, 2.75) is 39.0 Å². The zero-order chi connectivity index (χ0) is 14.4. The molecular weight excluding hydrogens is 244 g/mol. The number of nitrogens with one attached hydrogen (secondary N) is 1. The van der Waals surface area contributed by atoms with Crippen LogP contribution in [0.2, 0.25) is 0 Å². The van der Waals surface area contributed by atoms with Gasteiger partial charge in [-0.25, -0.2) is 4.79 Å². The fourth-order valence-electron chi connectivity index (χ4n) is 1.81. The van der Waals surface area contributed by atoms with Crippen LogP contribution in [0.4, 0.5) is 10.5 Å². The molecule has 106 valence electrons. The second-order valence-corrected chi connectivity index (χ2v) is 4.86. The van der Waals surface area contributed by atoms with E-state index in [1.165, 1.54) is 4.90 Å². The normalized spacial score (nSPS) is 14.2. The van der Waals surface area contributed by atoms with E-state index in [9.17, 15) is 15.0 Å². The topological polar surface area (TPSA) is 72.8 Å². The summed E-state index contributed by atoms with van der Waals surface area (Å²) >= 11 is 0. The molecule has 0 unspecified atom stereocenters. The molecule has 1 aromatic carbocycles. The van der Waals surface area contributed by atoms with Crippen LogP contribution in [0.15, 0.2) is 30.3 Å². The lowest BCUT2D eigenvalue weighted by Crippen LogP contribution is -2.49. The smallest absolute Gasteiger partial charge is 0.412 e. The monoisotopic (exact) mass is 266 g/mol. The van der Waals surface area contributed by atoms with Crippen LogP contribution in [-0.4, -0.2) is 41.0 Å². The van der Waals surface area contributed by atoms with Gasteiger partial charge in [-0.2, -0.15) is 0 Å². The van der Waals surface area contributed by atoms with Gasteiger partial charge in [-0.05, 0) is 19.1 Å². The summed E-state index contributed by atoms with van der Waals surface area (Å²) in [4.78, 5) is 12.6. The van der Waals surface area contributed by atoms with Crippen LogP contribution >= 0.6 is 0 Å². The Hall–Kier alpha value is -1.59. The van der Waals surface area contributed by atoms with E-state index < -0.39 is 18.2 Å². The Bertz CT molecular complexity index is 395. The molecule has 0 aliphatic carbocycles. The molecule has 0 heterocycles. The van der Waals surface area contributed by atoms with Gasteiger partial charge in [-0.1, -0.05) is 32.0 Å². The van der Waals surface area contributed by atoms with Crippen LogP contribution in [0.1, 0.15) is 20.8 Å². The zero-order valence-electron chi connectivity index (χ0n) is 11.6. The van der Waals surface area contributed by atoms with Crippen LogP contribution in [0.25, 0.3) is 0 Å². The second kappa shape index (κ2) is 7.11. The fraction of sp³-hybridized carbons (Fsp3) is 0.500. The molecule has 5 nitrogen and oxygen atoms in total. The second-order valence-electron chi connectivity index (χ2n) is 4.86. The molecule has 0 aromatic heterocycles. The van der Waals surface area contributed by atoms with Crippen molar-refractivity contribution in [3.63, 3.8) is 0 Å². The molecule has 0 saturated carbocycles. The maximum absolute atomic E-state index is 11.4. The first-order valence-corrected chi connectivity index (χ1v) is 6.42. The number of hydrogen-bond donors (Lipinski definition) is 3. The predicted octanol–water partition coefficient (Wildman–Crippen LogP) is 1.92. The number of benzene rings is 1. The summed E-state index contributed by atoms with van der Waals surface area (Å²) in [6, 6.07) is 8.53. The van der Waals surface area contributed by atoms with Crippen LogP contribution < -0.4 is 10.2 Å². The Kier molecular flexibility index (Phi) is 5.79. The third kappa shape index (κ3) is 4.54. The molecule has 0 aliphatic heterocycles. The minimum Gasteiger partial charge on any atom is -0.465 e. The largest absolute Gasteiger partial charge is 0.465 e. The van der Waals surface area contributed by atoms with E-state index in [0.29, 0.717) is 12.2 Å². The molecule has 1 rings (SSSR count). The van der Waals surface area contributed by atoms with Crippen molar-refractivity contribution in [3.8, 4) is 0 Å². The van der Waals surface area contributed by atoms with E-state index in [-0.39, 0.29) is 6.04 Å². The van der Waals surface area contributed by atoms with Gasteiger partial charge in [0.05, 0.1) is 12.1 Å². The van der Waals surface area contributed by atoms with Crippen LogP contribution in [0.5, 0.6) is 0 Å². The highest BCUT2D eigenvalue weighted by Gasteiger charge is 2.27. The molecule has 0 spiro atoms. The molecule has 19 heavy (non-hydrogen) atoms. The van der Waals surface area contributed by atoms with E-state index >= 15 is 0 Å². The molecule has 3 N–H and O–H groups in total. The standard InChI is InChI=1S/C14H22N2O3/c1-10(2)15-9-13(17)11(3)16(14(18)19)12-7-5-4-6-8-12/h4-8,10-11,13,15,17H,9H2,1-3H3,(H,18,19)/t11-,13+/m0/s1. The maximum Gasteiger partial charge on any atom is 0.412 e. The fourth-order valence-corrected chi connectivity index (χ4v) is 1.81. The molecule has 0 fully saturated rings. The SMILES string of the molecule is CC(C)NC[C@@H](O)[C@H](C)N(C(=O)O)c1ccccc1. The van der Waals surface area contributed by atoms with Gasteiger partial charge in [-0.3, -0.25) is 4.90 Å². The lowest BCUT2D eigenvalue weighted by atomic mass is 10.1. The van der Waals surface area contributed by atoms with Crippen LogP contribution in [0, 0.1) is 0 Å². The highest BCUT2D eigenvalue weighted by atomic mass is 16.4. The summed E-state index contributed by atoms with van der Waals surface area (Å²) < 4.78 is 0. The Balaban J connectivity index is 2.79. The number of aliphatic hydroxyl groups is 1. The predicted molar refractivity (Wildman–Crippen MR) is 75.6 cm³/mol. The third-order valence-electron chi connectivity index (χ3n) is 2.94. The van der Waals surface area contributed by atoms with Crippen molar-refractivity contribution in [2.24, 2.45) is 0 Å². The van der Waals surface area contributed by atoms with Gasteiger partial charge in [0.25, 0.3) is 0 Å². The van der Waals surface area contributed by atoms with Crippen LogP contribution in [0.3, 0.4) is 0 Å². The van der Waals surface area contributed by atoms with Gasteiger partial charge in [0.1, 0.15) is 0 Å². The Labute approximate surface area is 113 Å². The lowest BCUT2D eigenvalue weighted by Gasteiger charge is -2.30. The van der Waals surface area contributed by atoms with Crippen molar-refractivity contribution >= 4 is 11.8 Å². The molecule has 0 saturated heterocycles. The number of carbonyl (C=O) groups is 1. The molecule has 0 bridgehead atoms. The summed E-state index contributed by atoms with van der Waals surface area (Å²) in [5.74, 6) is 0. The highest BCUT2D eigenvalue weighted by Crippen LogP contribution is 2.18. The minimum atomic E-state index is -1.07. The zero-order valence-corrected chi connectivity index (χ0v) is 11.6. The van der Waals surface area contributed by atoms with Crippen molar-refractivity contribution in [1.29, 1.82) is 0 Å². The summed E-state index contributed by atoms with van der Waals surface area (Å²) in [6.07, 6.45) is -1.83. The van der Waals surface area contributed by atoms with E-state index in [1.807, 2.05) is 19.9 Å². The number of carboxylic acid groups (broad SMARTS) is 1. The number of aliphatic hydroxyl groups excluding tert-OH is 1. The average Bonchev–Trinajstić information content (AvgIpc) is 2.36. The third-order valence-corrected chi connectivity index (χ3v) is 2.94. The molecule has 5 heteroatoms. The van der Waals surface area contributed by atoms with E-state index in [1.54, 1.807) is 31.2 Å². The van der Waals surface area contributed by atoms with Crippen molar-refractivity contribution in [3.05, 3.63) is 30.3 Å². The number of nitrogens with zero attached hydrogens (tertiary/aromatic N) is 1. The molecule has 2 atom stereocenters. The first-order chi connectivity index (χ1) is 8.93. The summed E-state index contributed by atoms with van der Waals surface area (Å²) in [5, 5.41) is 22.5. The van der Waals surface area contributed by atoms with E-state index in [0.717, 1.165) is 0 Å². The number of para-hydroxylation sites is 1. The van der Waals surface area contributed by atoms with Crippen molar-refractivity contribution < 1.29 is 15.0 Å². The Morgan fingerprint density at radius 2 is 1.84 bits per heavy atom. The molecule has 0 radical (unpaired) electrons. The van der Waals surface area contributed by atoms with Gasteiger partial charge in [0.2, 0.25) is 0 Å². The number of anilines is 1. The van der Waals surface area contributed by atoms with Crippen LogP contribution in [-0.2, 0) is 0 Å².